The maximum atomic E-state index is 12.3. The van der Waals surface area contributed by atoms with E-state index >= 15 is 0 Å². The highest BCUT2D eigenvalue weighted by Gasteiger charge is 2.46. The number of ether oxygens (including phenoxy) is 2. The van der Waals surface area contributed by atoms with Crippen LogP contribution in [0.15, 0.2) is 0 Å². The van der Waals surface area contributed by atoms with Gasteiger partial charge in [-0.25, -0.2) is 4.79 Å². The van der Waals surface area contributed by atoms with Gasteiger partial charge in [0, 0.05) is 11.3 Å². The van der Waals surface area contributed by atoms with Gasteiger partial charge in [0.2, 0.25) is 6.54 Å². The lowest BCUT2D eigenvalue weighted by Gasteiger charge is -2.35. The van der Waals surface area contributed by atoms with Crippen LogP contribution in [0.3, 0.4) is 0 Å². The highest BCUT2D eigenvalue weighted by Crippen LogP contribution is 2.31. The van der Waals surface area contributed by atoms with Gasteiger partial charge in [0.05, 0.1) is 12.6 Å². The predicted molar refractivity (Wildman–Crippen MR) is 74.4 cm³/mol. The summed E-state index contributed by atoms with van der Waals surface area (Å²) in [5.41, 5.74) is -1.53. The number of rotatable bonds is 4. The molecule has 122 valence electrons. The average molecular weight is 304 g/mol. The van der Waals surface area contributed by atoms with Crippen LogP contribution in [-0.2, 0) is 9.47 Å². The molecule has 0 saturated carbocycles. The first-order valence-corrected chi connectivity index (χ1v) is 6.88. The van der Waals surface area contributed by atoms with E-state index in [4.69, 9.17) is 9.47 Å². The van der Waals surface area contributed by atoms with Gasteiger partial charge in [-0.3, -0.25) is 15.0 Å². The fraction of sp³-hybridized carbons (Fsp3) is 0.923. The molecule has 1 N–H and O–H groups in total. The number of aliphatic hydroxyl groups is 1. The topological polar surface area (TPSA) is 102 Å². The Morgan fingerprint density at radius 2 is 2.14 bits per heavy atom. The fourth-order valence-corrected chi connectivity index (χ4v) is 2.30. The van der Waals surface area contributed by atoms with Crippen LogP contribution in [0.2, 0.25) is 0 Å². The van der Waals surface area contributed by atoms with E-state index in [1.165, 1.54) is 4.90 Å². The number of hydrogen-bond donors (Lipinski definition) is 1. The summed E-state index contributed by atoms with van der Waals surface area (Å²) in [6, 6.07) is -0.454. The summed E-state index contributed by atoms with van der Waals surface area (Å²) in [6.07, 6.45) is -1.61. The van der Waals surface area contributed by atoms with Gasteiger partial charge in [0.1, 0.15) is 17.4 Å². The number of hydrogen-bond acceptors (Lipinski definition) is 6. The zero-order valence-electron chi connectivity index (χ0n) is 13.2. The Bertz CT molecular complexity index is 404. The summed E-state index contributed by atoms with van der Waals surface area (Å²) >= 11 is 0. The second-order valence-electron chi connectivity index (χ2n) is 6.67. The second-order valence-corrected chi connectivity index (χ2v) is 6.67. The number of aliphatic hydroxyl groups excluding tert-OH is 1. The lowest BCUT2D eigenvalue weighted by molar-refractivity contribution is -0.490. The van der Waals surface area contributed by atoms with Crippen LogP contribution < -0.4 is 0 Å². The first kappa shape index (κ1) is 17.6. The highest BCUT2D eigenvalue weighted by molar-refractivity contribution is 5.69. The highest BCUT2D eigenvalue weighted by atomic mass is 16.6. The third-order valence-electron chi connectivity index (χ3n) is 3.07. The third kappa shape index (κ3) is 5.13. The largest absolute Gasteiger partial charge is 0.444 e. The van der Waals surface area contributed by atoms with Crippen molar-refractivity contribution in [2.24, 2.45) is 0 Å². The SMILES string of the molecule is CC(C)(C)OC(=O)N1[C@@H](CC(O)C[N+](=O)[O-])COC1(C)C. The van der Waals surface area contributed by atoms with Crippen LogP contribution in [0, 0.1) is 10.1 Å². The number of nitrogens with zero attached hydrogens (tertiary/aromatic N) is 2. The van der Waals surface area contributed by atoms with Crippen molar-refractivity contribution >= 4 is 6.09 Å². The molecule has 0 aromatic carbocycles. The molecule has 1 heterocycles. The maximum absolute atomic E-state index is 12.3. The summed E-state index contributed by atoms with van der Waals surface area (Å²) in [5.74, 6) is 0. The molecule has 2 atom stereocenters. The molecule has 1 aliphatic rings. The van der Waals surface area contributed by atoms with E-state index < -0.39 is 41.0 Å². The minimum Gasteiger partial charge on any atom is -0.444 e. The molecule has 1 saturated heterocycles. The van der Waals surface area contributed by atoms with Crippen molar-refractivity contribution in [3.8, 4) is 0 Å². The zero-order valence-corrected chi connectivity index (χ0v) is 13.2. The monoisotopic (exact) mass is 304 g/mol. The van der Waals surface area contributed by atoms with E-state index in [2.05, 4.69) is 0 Å². The Balaban J connectivity index is 2.79. The van der Waals surface area contributed by atoms with Gasteiger partial charge >= 0.3 is 6.09 Å². The van der Waals surface area contributed by atoms with Crippen molar-refractivity contribution in [2.75, 3.05) is 13.2 Å². The smallest absolute Gasteiger partial charge is 0.412 e. The number of carbonyl (C=O) groups is 1. The molecular formula is C13H24N2O6. The summed E-state index contributed by atoms with van der Waals surface area (Å²) in [6.45, 7) is 8.36. The van der Waals surface area contributed by atoms with Crippen LogP contribution in [0.4, 0.5) is 4.79 Å². The lowest BCUT2D eigenvalue weighted by atomic mass is 10.1. The molecule has 1 unspecified atom stereocenters. The molecule has 0 aromatic heterocycles. The van der Waals surface area contributed by atoms with Crippen molar-refractivity contribution in [3.63, 3.8) is 0 Å². The fourth-order valence-electron chi connectivity index (χ4n) is 2.30. The van der Waals surface area contributed by atoms with Crippen LogP contribution in [0.25, 0.3) is 0 Å². The van der Waals surface area contributed by atoms with Gasteiger partial charge in [0.25, 0.3) is 0 Å². The molecule has 21 heavy (non-hydrogen) atoms. The van der Waals surface area contributed by atoms with E-state index in [0.29, 0.717) is 0 Å². The zero-order chi connectivity index (χ0) is 16.4. The Morgan fingerprint density at radius 3 is 2.62 bits per heavy atom. The molecule has 1 fully saturated rings. The number of nitro groups is 1. The predicted octanol–water partition coefficient (Wildman–Crippen LogP) is 1.39. The minimum absolute atomic E-state index is 0.0731. The van der Waals surface area contributed by atoms with Gasteiger partial charge in [-0.05, 0) is 34.6 Å². The van der Waals surface area contributed by atoms with Crippen molar-refractivity contribution in [2.45, 2.75) is 64.5 Å². The minimum atomic E-state index is -1.13. The quantitative estimate of drug-likeness (QED) is 0.622. The van der Waals surface area contributed by atoms with E-state index in [-0.39, 0.29) is 13.0 Å². The summed E-state index contributed by atoms with van der Waals surface area (Å²) in [7, 11) is 0. The lowest BCUT2D eigenvalue weighted by Crippen LogP contribution is -2.50. The Hall–Kier alpha value is -1.41. The first-order chi connectivity index (χ1) is 9.42. The molecule has 0 spiro atoms. The normalized spacial score (nSPS) is 23.0. The molecule has 1 amide bonds. The van der Waals surface area contributed by atoms with E-state index in [1.807, 2.05) is 0 Å². The van der Waals surface area contributed by atoms with Crippen LogP contribution in [-0.4, -0.2) is 57.6 Å². The summed E-state index contributed by atoms with van der Waals surface area (Å²) < 4.78 is 10.9. The van der Waals surface area contributed by atoms with Crippen molar-refractivity contribution in [1.29, 1.82) is 0 Å². The van der Waals surface area contributed by atoms with Gasteiger partial charge < -0.3 is 14.6 Å². The molecule has 1 aliphatic heterocycles. The number of carbonyl (C=O) groups excluding carboxylic acids is 1. The molecule has 0 bridgehead atoms. The van der Waals surface area contributed by atoms with Crippen LogP contribution >= 0.6 is 0 Å². The Labute approximate surface area is 124 Å². The Morgan fingerprint density at radius 1 is 1.57 bits per heavy atom. The van der Waals surface area contributed by atoms with Gasteiger partial charge in [-0.1, -0.05) is 0 Å². The molecule has 8 heteroatoms. The van der Waals surface area contributed by atoms with Gasteiger partial charge in [-0.2, -0.15) is 0 Å². The Kier molecular flexibility index (Phi) is 5.16. The molecule has 8 nitrogen and oxygen atoms in total. The third-order valence-corrected chi connectivity index (χ3v) is 3.07. The molecule has 0 aliphatic carbocycles. The van der Waals surface area contributed by atoms with Crippen LogP contribution in [0.1, 0.15) is 41.0 Å². The number of amides is 1. The standard InChI is InChI=1S/C13H24N2O6/c1-12(2,3)21-11(17)15-9(8-20-13(15,4)5)6-10(16)7-14(18)19/h9-10,16H,6-8H2,1-5H3/t9-,10?/m0/s1. The van der Waals surface area contributed by atoms with E-state index in [0.717, 1.165) is 0 Å². The van der Waals surface area contributed by atoms with Crippen molar-refractivity contribution in [1.82, 2.24) is 4.90 Å². The first-order valence-electron chi connectivity index (χ1n) is 6.88. The van der Waals surface area contributed by atoms with Crippen LogP contribution in [0.5, 0.6) is 0 Å². The molecule has 1 rings (SSSR count). The van der Waals surface area contributed by atoms with Crippen molar-refractivity contribution < 1.29 is 24.3 Å². The molecule has 0 radical (unpaired) electrons. The second kappa shape index (κ2) is 6.15. The van der Waals surface area contributed by atoms with Gasteiger partial charge in [-0.15, -0.1) is 0 Å². The summed E-state index contributed by atoms with van der Waals surface area (Å²) in [5, 5.41) is 20.1. The van der Waals surface area contributed by atoms with E-state index in [1.54, 1.807) is 34.6 Å². The maximum Gasteiger partial charge on any atom is 0.412 e. The molecular weight excluding hydrogens is 280 g/mol. The average Bonchev–Trinajstić information content (AvgIpc) is 2.49. The van der Waals surface area contributed by atoms with Gasteiger partial charge in [0.15, 0.2) is 0 Å². The molecule has 0 aromatic rings. The van der Waals surface area contributed by atoms with Crippen molar-refractivity contribution in [3.05, 3.63) is 10.1 Å². The van der Waals surface area contributed by atoms with E-state index in [9.17, 15) is 20.0 Å². The summed E-state index contributed by atoms with van der Waals surface area (Å²) in [4.78, 5) is 23.5.